The van der Waals surface area contributed by atoms with Crippen LogP contribution in [0.15, 0.2) is 45.3 Å². The van der Waals surface area contributed by atoms with Gasteiger partial charge in [0, 0.05) is 8.95 Å². The maximum atomic E-state index is 6.73. The van der Waals surface area contributed by atoms with E-state index in [1.807, 2.05) is 0 Å². The number of benzene rings is 2. The molecule has 0 aromatic heterocycles. The van der Waals surface area contributed by atoms with Crippen molar-refractivity contribution in [2.24, 2.45) is 0 Å². The molecule has 0 heterocycles. The lowest BCUT2D eigenvalue weighted by molar-refractivity contribution is -0.114. The minimum Gasteiger partial charge on any atom is -0.405 e. The molecule has 6 heteroatoms. The highest BCUT2D eigenvalue weighted by atomic mass is 79.9. The van der Waals surface area contributed by atoms with Gasteiger partial charge in [0.15, 0.2) is 0 Å². The molecule has 0 amide bonds. The van der Waals surface area contributed by atoms with Gasteiger partial charge in [-0.3, -0.25) is 0 Å². The van der Waals surface area contributed by atoms with Crippen LogP contribution in [0.1, 0.15) is 25.0 Å². The molecule has 1 aliphatic rings. The fourth-order valence-corrected chi connectivity index (χ4v) is 6.89. The van der Waals surface area contributed by atoms with Crippen LogP contribution in [-0.2, 0) is 20.1 Å². The normalized spacial score (nSPS) is 24.7. The van der Waals surface area contributed by atoms with E-state index in [0.29, 0.717) is 0 Å². The summed E-state index contributed by atoms with van der Waals surface area (Å²) in [7, 11) is -1.92. The molecule has 0 spiro atoms. The molecule has 0 N–H and O–H groups in total. The van der Waals surface area contributed by atoms with E-state index in [9.17, 15) is 0 Å². The lowest BCUT2D eigenvalue weighted by Gasteiger charge is -2.52. The molecule has 0 saturated carbocycles. The molecule has 2 aromatic carbocycles. The molecule has 0 fully saturated rings. The first-order valence-electron chi connectivity index (χ1n) is 8.67. The van der Waals surface area contributed by atoms with Crippen molar-refractivity contribution in [3.8, 4) is 11.1 Å². The first kappa shape index (κ1) is 20.5. The highest BCUT2D eigenvalue weighted by Crippen LogP contribution is 2.56. The van der Waals surface area contributed by atoms with Gasteiger partial charge < -0.3 is 8.85 Å². The highest BCUT2D eigenvalue weighted by Gasteiger charge is 2.54. The number of fused-ring (bicyclic) bond motifs is 3. The smallest absolute Gasteiger partial charge is 0.206 e. The van der Waals surface area contributed by atoms with E-state index in [2.05, 4.69) is 108 Å². The first-order valence-corrected chi connectivity index (χ1v) is 15.1. The van der Waals surface area contributed by atoms with Gasteiger partial charge in [0.25, 0.3) is 0 Å². The first-order chi connectivity index (χ1) is 12.1. The van der Waals surface area contributed by atoms with Crippen LogP contribution >= 0.6 is 31.9 Å². The molecule has 138 valence electrons. The van der Waals surface area contributed by atoms with Crippen LogP contribution in [0, 0.1) is 0 Å². The summed E-state index contributed by atoms with van der Waals surface area (Å²) in [6.45, 7) is 13.2. The van der Waals surface area contributed by atoms with E-state index in [-0.39, 0.29) is 0 Å². The molecule has 1 aliphatic carbocycles. The van der Waals surface area contributed by atoms with Crippen molar-refractivity contribution in [2.45, 2.75) is 51.2 Å². The summed E-state index contributed by atoms with van der Waals surface area (Å²) in [6, 6.07) is 13.0. The van der Waals surface area contributed by atoms with Crippen LogP contribution < -0.4 is 0 Å². The average Bonchev–Trinajstić information content (AvgIpc) is 2.52. The zero-order chi connectivity index (χ0) is 19.3. The molecule has 0 aliphatic heterocycles. The predicted octanol–water partition coefficient (Wildman–Crippen LogP) is 6.86. The Hall–Kier alpha value is -0.246. The van der Waals surface area contributed by atoms with Crippen LogP contribution in [0.2, 0.25) is 26.2 Å². The Labute approximate surface area is 177 Å². The monoisotopic (exact) mass is 510 g/mol. The largest absolute Gasteiger partial charge is 0.405 e. The molecule has 0 saturated heterocycles. The summed E-state index contributed by atoms with van der Waals surface area (Å²) in [6.07, 6.45) is 0. The van der Waals surface area contributed by atoms with E-state index in [1.54, 1.807) is 0 Å². The topological polar surface area (TPSA) is 18.5 Å². The van der Waals surface area contributed by atoms with Crippen LogP contribution in [0.3, 0.4) is 0 Å². The molecule has 2 radical (unpaired) electrons. The molecule has 0 bridgehead atoms. The second kappa shape index (κ2) is 7.30. The summed E-state index contributed by atoms with van der Waals surface area (Å²) in [5.41, 5.74) is 3.73. The average molecular weight is 512 g/mol. The predicted molar refractivity (Wildman–Crippen MR) is 119 cm³/mol. The zero-order valence-corrected chi connectivity index (χ0v) is 21.2. The van der Waals surface area contributed by atoms with Crippen molar-refractivity contribution < 1.29 is 8.85 Å². The van der Waals surface area contributed by atoms with Crippen LogP contribution in [0.5, 0.6) is 0 Å². The molecule has 26 heavy (non-hydrogen) atoms. The van der Waals surface area contributed by atoms with Gasteiger partial charge in [-0.1, -0.05) is 44.0 Å². The Morgan fingerprint density at radius 1 is 0.692 bits per heavy atom. The minimum atomic E-state index is -0.959. The number of rotatable bonds is 4. The summed E-state index contributed by atoms with van der Waals surface area (Å²) in [5.74, 6) is 0. The quantitative estimate of drug-likeness (QED) is 0.417. The maximum Gasteiger partial charge on any atom is 0.206 e. The zero-order valence-electron chi connectivity index (χ0n) is 16.0. The highest BCUT2D eigenvalue weighted by molar-refractivity contribution is 9.10. The van der Waals surface area contributed by atoms with Gasteiger partial charge in [-0.25, -0.2) is 0 Å². The third-order valence-corrected chi connectivity index (χ3v) is 7.63. The van der Waals surface area contributed by atoms with E-state index < -0.39 is 29.3 Å². The van der Waals surface area contributed by atoms with Crippen LogP contribution in [-0.4, -0.2) is 18.1 Å². The Kier molecular flexibility index (Phi) is 5.75. The van der Waals surface area contributed by atoms with Gasteiger partial charge in [0.05, 0.1) is 0 Å². The Bertz CT molecular complexity index is 771. The van der Waals surface area contributed by atoms with Gasteiger partial charge in [0.1, 0.15) is 11.2 Å². The van der Waals surface area contributed by atoms with Gasteiger partial charge >= 0.3 is 0 Å². The van der Waals surface area contributed by atoms with E-state index in [4.69, 9.17) is 8.85 Å². The van der Waals surface area contributed by atoms with E-state index in [1.165, 1.54) is 22.3 Å². The van der Waals surface area contributed by atoms with Crippen molar-refractivity contribution >= 4 is 49.9 Å². The lowest BCUT2D eigenvalue weighted by atomic mass is 9.67. The number of halogens is 2. The third-order valence-electron chi connectivity index (χ3n) is 5.01. The van der Waals surface area contributed by atoms with Crippen LogP contribution in [0.4, 0.5) is 0 Å². The second-order valence-electron chi connectivity index (χ2n) is 7.47. The Morgan fingerprint density at radius 2 is 1.04 bits per heavy atom. The molecule has 2 unspecified atom stereocenters. The minimum absolute atomic E-state index is 0.556. The molecule has 2 atom stereocenters. The van der Waals surface area contributed by atoms with Crippen molar-refractivity contribution in [2.75, 3.05) is 0 Å². The SMILES string of the molecule is C[Si](C)OC1(C)c2cc(Br)ccc2-c2ccc(Br)cc2C1(C)O[Si](C)C. The number of hydrogen-bond donors (Lipinski definition) is 0. The van der Waals surface area contributed by atoms with E-state index in [0.717, 1.165) is 8.95 Å². The Morgan fingerprint density at radius 3 is 1.35 bits per heavy atom. The standard InChI is InChI=1S/C20H24Br2O2Si2/c1-19(23-25(3)4)17-11-13(21)7-9-15(17)16-10-8-14(22)12-18(16)20(19,2)24-26(5)6/h7-12H,1-6H3. The molecule has 2 aromatic rings. The third kappa shape index (κ3) is 3.33. The van der Waals surface area contributed by atoms with Crippen molar-refractivity contribution in [1.29, 1.82) is 0 Å². The van der Waals surface area contributed by atoms with Crippen LogP contribution in [0.25, 0.3) is 11.1 Å². The second-order valence-corrected chi connectivity index (χ2v) is 13.3. The summed E-state index contributed by atoms with van der Waals surface area (Å²) in [4.78, 5) is 0. The molecular weight excluding hydrogens is 488 g/mol. The fraction of sp³-hybridized carbons (Fsp3) is 0.400. The van der Waals surface area contributed by atoms with Crippen molar-refractivity contribution in [1.82, 2.24) is 0 Å². The van der Waals surface area contributed by atoms with Gasteiger partial charge in [-0.05, 0) is 86.6 Å². The lowest BCUT2D eigenvalue weighted by Crippen LogP contribution is -2.54. The van der Waals surface area contributed by atoms with Crippen molar-refractivity contribution in [3.05, 3.63) is 56.5 Å². The summed E-state index contributed by atoms with van der Waals surface area (Å²) in [5, 5.41) is 0. The molecule has 3 rings (SSSR count). The van der Waals surface area contributed by atoms with Crippen molar-refractivity contribution in [3.63, 3.8) is 0 Å². The van der Waals surface area contributed by atoms with Gasteiger partial charge in [0.2, 0.25) is 18.1 Å². The maximum absolute atomic E-state index is 6.73. The summed E-state index contributed by atoms with van der Waals surface area (Å²) >= 11 is 7.32. The molecular formula is C20H24Br2O2Si2. The fourth-order valence-electron chi connectivity index (χ4n) is 3.93. The van der Waals surface area contributed by atoms with Gasteiger partial charge in [-0.15, -0.1) is 0 Å². The number of hydrogen-bond acceptors (Lipinski definition) is 2. The van der Waals surface area contributed by atoms with Gasteiger partial charge in [-0.2, -0.15) is 0 Å². The Balaban J connectivity index is 2.39. The summed E-state index contributed by atoms with van der Waals surface area (Å²) < 4.78 is 15.6. The van der Waals surface area contributed by atoms with E-state index >= 15 is 0 Å². The molecule has 2 nitrogen and oxygen atoms in total.